The van der Waals surface area contributed by atoms with Crippen molar-refractivity contribution in [1.82, 2.24) is 9.88 Å². The van der Waals surface area contributed by atoms with Gasteiger partial charge in [-0.25, -0.2) is 4.98 Å². The second-order valence-corrected chi connectivity index (χ2v) is 6.90. The van der Waals surface area contributed by atoms with E-state index in [0.29, 0.717) is 40.2 Å². The molecule has 1 saturated heterocycles. The first-order valence-corrected chi connectivity index (χ1v) is 8.79. The molecule has 2 amide bonds. The van der Waals surface area contributed by atoms with Gasteiger partial charge in [-0.2, -0.15) is 0 Å². The number of piperazine rings is 1. The molecule has 0 aliphatic carbocycles. The molecule has 0 radical (unpaired) electrons. The van der Waals surface area contributed by atoms with Crippen molar-refractivity contribution in [3.05, 3.63) is 39.9 Å². The molecular weight excluding hydrogens is 348 g/mol. The van der Waals surface area contributed by atoms with E-state index in [0.717, 1.165) is 5.69 Å². The number of hydrogen-bond donors (Lipinski definition) is 1. The van der Waals surface area contributed by atoms with Gasteiger partial charge < -0.3 is 15.5 Å². The zero-order chi connectivity index (χ0) is 17.3. The summed E-state index contributed by atoms with van der Waals surface area (Å²) in [7, 11) is 0. The summed E-state index contributed by atoms with van der Waals surface area (Å²) in [4.78, 5) is 33.1. The van der Waals surface area contributed by atoms with E-state index in [1.165, 1.54) is 11.3 Å². The summed E-state index contributed by atoms with van der Waals surface area (Å²) >= 11 is 7.16. The maximum atomic E-state index is 12.7. The van der Waals surface area contributed by atoms with Gasteiger partial charge in [0.1, 0.15) is 11.4 Å². The van der Waals surface area contributed by atoms with Crippen LogP contribution in [0.2, 0.25) is 5.02 Å². The molecule has 0 unspecified atom stereocenters. The van der Waals surface area contributed by atoms with Gasteiger partial charge in [-0.15, -0.1) is 0 Å². The van der Waals surface area contributed by atoms with Crippen molar-refractivity contribution in [2.75, 3.05) is 30.3 Å². The maximum Gasteiger partial charge on any atom is 0.266 e. The number of nitrogen functional groups attached to an aromatic ring is 1. The molecule has 1 aliphatic heterocycles. The normalized spacial score (nSPS) is 15.0. The molecule has 0 spiro atoms. The number of benzene rings is 1. The van der Waals surface area contributed by atoms with E-state index in [2.05, 4.69) is 4.98 Å². The van der Waals surface area contributed by atoms with Gasteiger partial charge in [0.05, 0.1) is 5.69 Å². The van der Waals surface area contributed by atoms with Crippen molar-refractivity contribution < 1.29 is 9.59 Å². The van der Waals surface area contributed by atoms with E-state index in [-0.39, 0.29) is 18.4 Å². The fourth-order valence-electron chi connectivity index (χ4n) is 2.68. The van der Waals surface area contributed by atoms with E-state index in [4.69, 9.17) is 17.3 Å². The Labute approximate surface area is 148 Å². The van der Waals surface area contributed by atoms with Crippen molar-refractivity contribution in [2.24, 2.45) is 0 Å². The summed E-state index contributed by atoms with van der Waals surface area (Å²) in [5.74, 6) is -0.312. The molecule has 2 N–H and O–H groups in total. The van der Waals surface area contributed by atoms with Crippen LogP contribution < -0.4 is 10.6 Å². The van der Waals surface area contributed by atoms with Crippen LogP contribution in [0.25, 0.3) is 0 Å². The Balaban J connectivity index is 1.75. The molecule has 6 nitrogen and oxygen atoms in total. The summed E-state index contributed by atoms with van der Waals surface area (Å²) in [5, 5.41) is 0.950. The predicted octanol–water partition coefficient (Wildman–Crippen LogP) is 2.43. The van der Waals surface area contributed by atoms with Crippen LogP contribution in [0.15, 0.2) is 24.3 Å². The highest BCUT2D eigenvalue weighted by Crippen LogP contribution is 2.25. The summed E-state index contributed by atoms with van der Waals surface area (Å²) < 4.78 is 0. The zero-order valence-corrected chi connectivity index (χ0v) is 14.7. The van der Waals surface area contributed by atoms with Crippen LogP contribution in [-0.2, 0) is 11.2 Å². The van der Waals surface area contributed by atoms with Gasteiger partial charge in [0.25, 0.3) is 5.91 Å². The van der Waals surface area contributed by atoms with Crippen LogP contribution in [0.5, 0.6) is 0 Å². The van der Waals surface area contributed by atoms with Crippen LogP contribution in [0.4, 0.5) is 10.8 Å². The number of aromatic nitrogens is 1. The SMILES string of the molecule is CCc1nc(N)sc1C(=O)N1CCN(c2cccc(Cl)c2)C(=O)C1. The van der Waals surface area contributed by atoms with E-state index in [1.807, 2.05) is 13.0 Å². The summed E-state index contributed by atoms with van der Waals surface area (Å²) in [6.45, 7) is 2.85. The number of nitrogens with zero attached hydrogens (tertiary/aromatic N) is 3. The first kappa shape index (κ1) is 16.7. The van der Waals surface area contributed by atoms with Crippen LogP contribution in [0.1, 0.15) is 22.3 Å². The van der Waals surface area contributed by atoms with Crippen molar-refractivity contribution in [3.8, 4) is 0 Å². The second kappa shape index (κ2) is 6.78. The van der Waals surface area contributed by atoms with Crippen molar-refractivity contribution in [1.29, 1.82) is 0 Å². The predicted molar refractivity (Wildman–Crippen MR) is 95.6 cm³/mol. The minimum atomic E-state index is -0.180. The lowest BCUT2D eigenvalue weighted by Crippen LogP contribution is -2.52. The highest BCUT2D eigenvalue weighted by atomic mass is 35.5. The third kappa shape index (κ3) is 3.22. The number of anilines is 2. The lowest BCUT2D eigenvalue weighted by Gasteiger charge is -2.34. The number of aryl methyl sites for hydroxylation is 1. The summed E-state index contributed by atoms with van der Waals surface area (Å²) in [6.07, 6.45) is 0.630. The van der Waals surface area contributed by atoms with Crippen LogP contribution >= 0.6 is 22.9 Å². The molecule has 0 atom stereocenters. The number of hydrogen-bond acceptors (Lipinski definition) is 5. The molecule has 3 rings (SSSR count). The Hall–Kier alpha value is -2.12. The topological polar surface area (TPSA) is 79.5 Å². The fraction of sp³-hybridized carbons (Fsp3) is 0.312. The molecule has 2 heterocycles. The monoisotopic (exact) mass is 364 g/mol. The Morgan fingerprint density at radius 1 is 1.42 bits per heavy atom. The van der Waals surface area contributed by atoms with Crippen LogP contribution in [-0.4, -0.2) is 41.3 Å². The summed E-state index contributed by atoms with van der Waals surface area (Å²) in [6, 6.07) is 7.14. The Morgan fingerprint density at radius 2 is 2.21 bits per heavy atom. The minimum absolute atomic E-state index is 0.0340. The van der Waals surface area contributed by atoms with E-state index in [1.54, 1.807) is 28.0 Å². The first-order chi connectivity index (χ1) is 11.5. The smallest absolute Gasteiger partial charge is 0.266 e. The third-order valence-corrected chi connectivity index (χ3v) is 5.02. The molecule has 1 fully saturated rings. The van der Waals surface area contributed by atoms with E-state index in [9.17, 15) is 9.59 Å². The molecule has 2 aromatic rings. The van der Waals surface area contributed by atoms with Gasteiger partial charge in [0.15, 0.2) is 5.13 Å². The molecule has 24 heavy (non-hydrogen) atoms. The minimum Gasteiger partial charge on any atom is -0.375 e. The van der Waals surface area contributed by atoms with E-state index < -0.39 is 0 Å². The van der Waals surface area contributed by atoms with Gasteiger partial charge in [0, 0.05) is 23.8 Å². The van der Waals surface area contributed by atoms with Gasteiger partial charge in [0.2, 0.25) is 5.91 Å². The largest absolute Gasteiger partial charge is 0.375 e. The fourth-order valence-corrected chi connectivity index (χ4v) is 3.76. The second-order valence-electron chi connectivity index (χ2n) is 5.43. The van der Waals surface area contributed by atoms with Gasteiger partial charge in [-0.1, -0.05) is 35.9 Å². The van der Waals surface area contributed by atoms with Crippen LogP contribution in [0, 0.1) is 0 Å². The Morgan fingerprint density at radius 3 is 2.88 bits per heavy atom. The van der Waals surface area contributed by atoms with Gasteiger partial charge in [-0.3, -0.25) is 9.59 Å². The van der Waals surface area contributed by atoms with Crippen molar-refractivity contribution in [3.63, 3.8) is 0 Å². The zero-order valence-electron chi connectivity index (χ0n) is 13.2. The molecule has 8 heteroatoms. The number of amides is 2. The number of carbonyl (C=O) groups excluding carboxylic acids is 2. The lowest BCUT2D eigenvalue weighted by molar-refractivity contribution is -0.120. The Bertz CT molecular complexity index is 792. The number of thiazole rings is 1. The van der Waals surface area contributed by atoms with Crippen molar-refractivity contribution >= 4 is 45.6 Å². The number of nitrogens with two attached hydrogens (primary N) is 1. The van der Waals surface area contributed by atoms with Crippen LogP contribution in [0.3, 0.4) is 0 Å². The molecule has 0 bridgehead atoms. The van der Waals surface area contributed by atoms with E-state index >= 15 is 0 Å². The quantitative estimate of drug-likeness (QED) is 0.907. The molecule has 1 aromatic carbocycles. The highest BCUT2D eigenvalue weighted by Gasteiger charge is 2.30. The number of carbonyl (C=O) groups is 2. The molecular formula is C16H17ClN4O2S. The number of rotatable bonds is 3. The average molecular weight is 365 g/mol. The van der Waals surface area contributed by atoms with Gasteiger partial charge >= 0.3 is 0 Å². The number of halogens is 1. The standard InChI is InChI=1S/C16H17ClN4O2S/c1-2-12-14(24-16(18)19-12)15(23)20-6-7-21(13(22)9-20)11-5-3-4-10(17)8-11/h3-5,8H,2,6-7,9H2,1H3,(H2,18,19). The first-order valence-electron chi connectivity index (χ1n) is 7.60. The molecule has 0 saturated carbocycles. The highest BCUT2D eigenvalue weighted by molar-refractivity contribution is 7.17. The summed E-state index contributed by atoms with van der Waals surface area (Å²) in [5.41, 5.74) is 7.14. The third-order valence-electron chi connectivity index (χ3n) is 3.87. The molecule has 1 aliphatic rings. The maximum absolute atomic E-state index is 12.7. The molecule has 1 aromatic heterocycles. The van der Waals surface area contributed by atoms with Crippen molar-refractivity contribution in [2.45, 2.75) is 13.3 Å². The lowest BCUT2D eigenvalue weighted by atomic mass is 10.2. The van der Waals surface area contributed by atoms with Gasteiger partial charge in [-0.05, 0) is 24.6 Å². The Kier molecular flexibility index (Phi) is 4.73. The molecule has 126 valence electrons. The average Bonchev–Trinajstić information content (AvgIpc) is 2.95.